The first-order chi connectivity index (χ1) is 10.8. The molecule has 8 nitrogen and oxygen atoms in total. The molecule has 2 aromatic rings. The number of hydrogen-bond donors (Lipinski definition) is 2. The number of pyridine rings is 1. The van der Waals surface area contributed by atoms with Crippen molar-refractivity contribution < 1.29 is 19.4 Å². The van der Waals surface area contributed by atoms with Gasteiger partial charge in [-0.1, -0.05) is 19.6 Å². The Labute approximate surface area is 134 Å². The standard InChI is InChI=1S/C14H20N4O4Si/c1-23(2,3)5-4-22-9-18-12-8-15-7-11(10(12)6-16-18)17-13(19)14(20)21/h6-8H,4-5,9H2,1-3H3,(H,17,19)(H,20,21). The number of carbonyl (C=O) groups excluding carboxylic acids is 1. The highest BCUT2D eigenvalue weighted by atomic mass is 28.3. The minimum absolute atomic E-state index is 0.284. The van der Waals surface area contributed by atoms with E-state index in [0.717, 1.165) is 6.04 Å². The van der Waals surface area contributed by atoms with E-state index in [1.54, 1.807) is 17.1 Å². The third-order valence-corrected chi connectivity index (χ3v) is 4.93. The van der Waals surface area contributed by atoms with Gasteiger partial charge in [0.15, 0.2) is 0 Å². The second-order valence-corrected chi connectivity index (χ2v) is 12.0. The van der Waals surface area contributed by atoms with Crippen LogP contribution >= 0.6 is 0 Å². The maximum absolute atomic E-state index is 11.3. The summed E-state index contributed by atoms with van der Waals surface area (Å²) >= 11 is 0. The van der Waals surface area contributed by atoms with Crippen LogP contribution < -0.4 is 5.32 Å². The summed E-state index contributed by atoms with van der Waals surface area (Å²) in [4.78, 5) is 25.9. The van der Waals surface area contributed by atoms with Crippen molar-refractivity contribution in [3.05, 3.63) is 18.6 Å². The summed E-state index contributed by atoms with van der Waals surface area (Å²) in [6.07, 6.45) is 4.54. The number of aliphatic carboxylic acids is 1. The van der Waals surface area contributed by atoms with Gasteiger partial charge in [0.2, 0.25) is 0 Å². The molecular weight excluding hydrogens is 316 g/mol. The molecule has 0 spiro atoms. The monoisotopic (exact) mass is 336 g/mol. The summed E-state index contributed by atoms with van der Waals surface area (Å²) in [5, 5.41) is 15.8. The number of carboxylic acid groups (broad SMARTS) is 1. The summed E-state index contributed by atoms with van der Waals surface area (Å²) in [6.45, 7) is 7.79. The van der Waals surface area contributed by atoms with Crippen LogP contribution in [0.15, 0.2) is 18.6 Å². The first kappa shape index (κ1) is 17.1. The second-order valence-electron chi connectivity index (χ2n) is 6.37. The molecular formula is C14H20N4O4Si. The Morgan fingerprint density at radius 3 is 2.70 bits per heavy atom. The highest BCUT2D eigenvalue weighted by molar-refractivity contribution is 6.76. The van der Waals surface area contributed by atoms with E-state index in [-0.39, 0.29) is 6.73 Å². The molecule has 2 aromatic heterocycles. The fraction of sp³-hybridized carbons (Fsp3) is 0.429. The lowest BCUT2D eigenvalue weighted by molar-refractivity contribution is -0.147. The Hall–Kier alpha value is -2.26. The fourth-order valence-electron chi connectivity index (χ4n) is 1.90. The van der Waals surface area contributed by atoms with E-state index in [1.807, 2.05) is 0 Å². The molecule has 23 heavy (non-hydrogen) atoms. The van der Waals surface area contributed by atoms with Gasteiger partial charge in [-0.15, -0.1) is 0 Å². The Morgan fingerprint density at radius 1 is 1.30 bits per heavy atom. The third kappa shape index (κ3) is 4.60. The second kappa shape index (κ2) is 6.88. The first-order valence-electron chi connectivity index (χ1n) is 7.19. The van der Waals surface area contributed by atoms with E-state index in [0.29, 0.717) is 23.2 Å². The molecule has 0 aromatic carbocycles. The molecule has 0 fully saturated rings. The largest absolute Gasteiger partial charge is 0.474 e. The number of anilines is 1. The Morgan fingerprint density at radius 2 is 2.04 bits per heavy atom. The zero-order valence-corrected chi connectivity index (χ0v) is 14.4. The topological polar surface area (TPSA) is 106 Å². The van der Waals surface area contributed by atoms with E-state index < -0.39 is 20.0 Å². The van der Waals surface area contributed by atoms with E-state index >= 15 is 0 Å². The molecule has 0 bridgehead atoms. The number of rotatable bonds is 6. The van der Waals surface area contributed by atoms with Crippen LogP contribution in [-0.2, 0) is 21.1 Å². The van der Waals surface area contributed by atoms with Crippen LogP contribution in [-0.4, -0.2) is 46.4 Å². The third-order valence-electron chi connectivity index (χ3n) is 3.22. The van der Waals surface area contributed by atoms with Crippen LogP contribution in [0.4, 0.5) is 5.69 Å². The molecule has 0 saturated heterocycles. The van der Waals surface area contributed by atoms with Gasteiger partial charge in [0, 0.05) is 20.1 Å². The fourth-order valence-corrected chi connectivity index (χ4v) is 2.65. The summed E-state index contributed by atoms with van der Waals surface area (Å²) in [5.41, 5.74) is 0.976. The number of ether oxygens (including phenoxy) is 1. The Kier molecular flexibility index (Phi) is 5.11. The molecule has 9 heteroatoms. The van der Waals surface area contributed by atoms with Gasteiger partial charge in [0.25, 0.3) is 0 Å². The summed E-state index contributed by atoms with van der Waals surface area (Å²) in [6, 6.07) is 1.06. The van der Waals surface area contributed by atoms with Gasteiger partial charge in [-0.3, -0.25) is 9.78 Å². The van der Waals surface area contributed by atoms with Gasteiger partial charge in [-0.2, -0.15) is 5.10 Å². The first-order valence-corrected chi connectivity index (χ1v) is 10.9. The van der Waals surface area contributed by atoms with Gasteiger partial charge in [0.1, 0.15) is 6.73 Å². The van der Waals surface area contributed by atoms with E-state index in [4.69, 9.17) is 9.84 Å². The van der Waals surface area contributed by atoms with Crippen molar-refractivity contribution in [2.75, 3.05) is 11.9 Å². The highest BCUT2D eigenvalue weighted by Gasteiger charge is 2.15. The molecule has 2 N–H and O–H groups in total. The number of hydrogen-bond acceptors (Lipinski definition) is 5. The number of amides is 1. The molecule has 0 saturated carbocycles. The minimum atomic E-state index is -1.55. The molecule has 0 aliphatic rings. The molecule has 0 aliphatic heterocycles. The number of carboxylic acids is 1. The number of carbonyl (C=O) groups is 2. The van der Waals surface area contributed by atoms with Crippen molar-refractivity contribution >= 4 is 36.5 Å². The predicted molar refractivity (Wildman–Crippen MR) is 87.9 cm³/mol. The predicted octanol–water partition coefficient (Wildman–Crippen LogP) is 1.77. The average molecular weight is 336 g/mol. The van der Waals surface area contributed by atoms with Crippen LogP contribution in [0.1, 0.15) is 0 Å². The SMILES string of the molecule is C[Si](C)(C)CCOCn1ncc2c(NC(=O)C(=O)O)cncc21. The van der Waals surface area contributed by atoms with Gasteiger partial charge in [-0.05, 0) is 6.04 Å². The summed E-state index contributed by atoms with van der Waals surface area (Å²) < 4.78 is 7.28. The zero-order chi connectivity index (χ0) is 17.0. The maximum Gasteiger partial charge on any atom is 0.394 e. The zero-order valence-electron chi connectivity index (χ0n) is 13.4. The smallest absolute Gasteiger partial charge is 0.394 e. The summed E-state index contributed by atoms with van der Waals surface area (Å²) in [7, 11) is -1.14. The van der Waals surface area contributed by atoms with Crippen molar-refractivity contribution in [1.82, 2.24) is 14.8 Å². The maximum atomic E-state index is 11.3. The van der Waals surface area contributed by atoms with Gasteiger partial charge < -0.3 is 15.2 Å². The minimum Gasteiger partial charge on any atom is -0.474 e. The Balaban J connectivity index is 2.09. The van der Waals surface area contributed by atoms with Crippen LogP contribution in [0.2, 0.25) is 25.7 Å². The quantitative estimate of drug-likeness (QED) is 0.473. The van der Waals surface area contributed by atoms with Crippen molar-refractivity contribution in [2.45, 2.75) is 32.4 Å². The Bertz CT molecular complexity index is 723. The normalized spacial score (nSPS) is 11.6. The van der Waals surface area contributed by atoms with Crippen LogP contribution in [0.3, 0.4) is 0 Å². The molecule has 0 unspecified atom stereocenters. The molecule has 2 heterocycles. The summed E-state index contributed by atoms with van der Waals surface area (Å²) in [5.74, 6) is -2.66. The molecule has 124 valence electrons. The molecule has 1 amide bonds. The lowest BCUT2D eigenvalue weighted by Gasteiger charge is -2.15. The number of nitrogens with one attached hydrogen (secondary N) is 1. The molecule has 0 radical (unpaired) electrons. The lowest BCUT2D eigenvalue weighted by atomic mass is 10.3. The van der Waals surface area contributed by atoms with Gasteiger partial charge >= 0.3 is 11.9 Å². The van der Waals surface area contributed by atoms with E-state index in [9.17, 15) is 9.59 Å². The van der Waals surface area contributed by atoms with E-state index in [2.05, 4.69) is 35.0 Å². The van der Waals surface area contributed by atoms with Crippen molar-refractivity contribution in [1.29, 1.82) is 0 Å². The van der Waals surface area contributed by atoms with Gasteiger partial charge in [-0.25, -0.2) is 9.48 Å². The van der Waals surface area contributed by atoms with Gasteiger partial charge in [0.05, 0.1) is 29.8 Å². The van der Waals surface area contributed by atoms with Crippen molar-refractivity contribution in [3.63, 3.8) is 0 Å². The van der Waals surface area contributed by atoms with Crippen molar-refractivity contribution in [2.24, 2.45) is 0 Å². The van der Waals surface area contributed by atoms with Crippen LogP contribution in [0, 0.1) is 0 Å². The van der Waals surface area contributed by atoms with Crippen molar-refractivity contribution in [3.8, 4) is 0 Å². The van der Waals surface area contributed by atoms with E-state index in [1.165, 1.54) is 6.20 Å². The number of aromatic nitrogens is 3. The number of fused-ring (bicyclic) bond motifs is 1. The molecule has 2 rings (SSSR count). The van der Waals surface area contributed by atoms with Crippen LogP contribution in [0.5, 0.6) is 0 Å². The molecule has 0 aliphatic carbocycles. The van der Waals surface area contributed by atoms with Crippen LogP contribution in [0.25, 0.3) is 10.9 Å². The highest BCUT2D eigenvalue weighted by Crippen LogP contribution is 2.21. The number of nitrogens with zero attached hydrogens (tertiary/aromatic N) is 3. The lowest BCUT2D eigenvalue weighted by Crippen LogP contribution is -2.22. The average Bonchev–Trinajstić information content (AvgIpc) is 2.87. The molecule has 0 atom stereocenters.